The van der Waals surface area contributed by atoms with Crippen LogP contribution in [0.2, 0.25) is 0 Å². The summed E-state index contributed by atoms with van der Waals surface area (Å²) in [6.07, 6.45) is 2.08. The first-order valence-electron chi connectivity index (χ1n) is 6.74. The number of esters is 1. The van der Waals surface area contributed by atoms with Gasteiger partial charge in [0.15, 0.2) is 0 Å². The molecule has 1 rings (SSSR count). The first-order chi connectivity index (χ1) is 9.04. The Morgan fingerprint density at radius 3 is 2.74 bits per heavy atom. The molecule has 2 N–H and O–H groups in total. The van der Waals surface area contributed by atoms with Gasteiger partial charge in [0.2, 0.25) is 0 Å². The van der Waals surface area contributed by atoms with Crippen molar-refractivity contribution >= 4 is 11.7 Å². The SMILES string of the molecule is CCOC(=O)c1ccc(N)c(OCCCC(C)C)c1. The van der Waals surface area contributed by atoms with Crippen LogP contribution >= 0.6 is 0 Å². The first kappa shape index (κ1) is 15.3. The van der Waals surface area contributed by atoms with Crippen LogP contribution in [-0.4, -0.2) is 19.2 Å². The van der Waals surface area contributed by atoms with Crippen molar-refractivity contribution < 1.29 is 14.3 Å². The van der Waals surface area contributed by atoms with E-state index >= 15 is 0 Å². The van der Waals surface area contributed by atoms with Gasteiger partial charge in [-0.05, 0) is 43.9 Å². The molecule has 19 heavy (non-hydrogen) atoms. The molecule has 0 aliphatic rings. The van der Waals surface area contributed by atoms with E-state index in [-0.39, 0.29) is 5.97 Å². The fourth-order valence-electron chi connectivity index (χ4n) is 1.67. The van der Waals surface area contributed by atoms with Crippen molar-refractivity contribution in [1.29, 1.82) is 0 Å². The highest BCUT2D eigenvalue weighted by Crippen LogP contribution is 2.23. The highest BCUT2D eigenvalue weighted by molar-refractivity contribution is 5.90. The van der Waals surface area contributed by atoms with Gasteiger partial charge in [-0.2, -0.15) is 0 Å². The Labute approximate surface area is 114 Å². The lowest BCUT2D eigenvalue weighted by Gasteiger charge is -2.11. The minimum Gasteiger partial charge on any atom is -0.491 e. The van der Waals surface area contributed by atoms with Crippen LogP contribution in [0.1, 0.15) is 44.0 Å². The Balaban J connectivity index is 2.61. The minimum atomic E-state index is -0.352. The number of carbonyl (C=O) groups is 1. The number of rotatable bonds is 7. The maximum Gasteiger partial charge on any atom is 0.338 e. The average molecular weight is 265 g/mol. The highest BCUT2D eigenvalue weighted by Gasteiger charge is 2.10. The van der Waals surface area contributed by atoms with Gasteiger partial charge in [0.25, 0.3) is 0 Å². The predicted molar refractivity (Wildman–Crippen MR) is 76.4 cm³/mol. The zero-order valence-electron chi connectivity index (χ0n) is 11.9. The van der Waals surface area contributed by atoms with Crippen LogP contribution in [-0.2, 0) is 4.74 Å². The van der Waals surface area contributed by atoms with Crippen molar-refractivity contribution in [2.75, 3.05) is 18.9 Å². The van der Waals surface area contributed by atoms with Crippen molar-refractivity contribution in [1.82, 2.24) is 0 Å². The van der Waals surface area contributed by atoms with Crippen molar-refractivity contribution in [3.63, 3.8) is 0 Å². The van der Waals surface area contributed by atoms with E-state index in [0.29, 0.717) is 36.1 Å². The third kappa shape index (κ3) is 5.20. The quantitative estimate of drug-likeness (QED) is 0.467. The summed E-state index contributed by atoms with van der Waals surface area (Å²) >= 11 is 0. The second-order valence-corrected chi connectivity index (χ2v) is 4.86. The maximum absolute atomic E-state index is 11.6. The van der Waals surface area contributed by atoms with E-state index in [2.05, 4.69) is 13.8 Å². The summed E-state index contributed by atoms with van der Waals surface area (Å²) in [4.78, 5) is 11.6. The highest BCUT2D eigenvalue weighted by atomic mass is 16.5. The predicted octanol–water partition coefficient (Wildman–Crippen LogP) is 3.26. The Bertz CT molecular complexity index is 416. The lowest BCUT2D eigenvalue weighted by Crippen LogP contribution is -2.07. The number of benzene rings is 1. The summed E-state index contributed by atoms with van der Waals surface area (Å²) in [5, 5.41) is 0. The number of anilines is 1. The third-order valence-electron chi connectivity index (χ3n) is 2.71. The molecule has 0 amide bonds. The van der Waals surface area contributed by atoms with Crippen LogP contribution < -0.4 is 10.5 Å². The molecule has 0 aromatic heterocycles. The molecule has 0 aliphatic carbocycles. The lowest BCUT2D eigenvalue weighted by atomic mass is 10.1. The molecular formula is C15H23NO3. The molecule has 0 radical (unpaired) electrons. The van der Waals surface area contributed by atoms with Crippen LogP contribution in [0.5, 0.6) is 5.75 Å². The molecule has 1 aromatic carbocycles. The summed E-state index contributed by atoms with van der Waals surface area (Å²) in [7, 11) is 0. The van der Waals surface area contributed by atoms with Gasteiger partial charge in [-0.25, -0.2) is 4.79 Å². The summed E-state index contributed by atoms with van der Waals surface area (Å²) in [5.74, 6) is 0.857. The lowest BCUT2D eigenvalue weighted by molar-refractivity contribution is 0.0526. The fraction of sp³-hybridized carbons (Fsp3) is 0.533. The molecule has 0 saturated carbocycles. The van der Waals surface area contributed by atoms with E-state index in [0.717, 1.165) is 12.8 Å². The second kappa shape index (κ2) is 7.67. The monoisotopic (exact) mass is 265 g/mol. The molecular weight excluding hydrogens is 242 g/mol. The van der Waals surface area contributed by atoms with Crippen LogP contribution in [0, 0.1) is 5.92 Å². The Morgan fingerprint density at radius 2 is 2.11 bits per heavy atom. The molecule has 0 spiro atoms. The van der Waals surface area contributed by atoms with Crippen molar-refractivity contribution in [3.05, 3.63) is 23.8 Å². The van der Waals surface area contributed by atoms with Gasteiger partial charge in [-0.1, -0.05) is 13.8 Å². The van der Waals surface area contributed by atoms with Gasteiger partial charge in [-0.3, -0.25) is 0 Å². The van der Waals surface area contributed by atoms with Crippen molar-refractivity contribution in [2.24, 2.45) is 5.92 Å². The topological polar surface area (TPSA) is 61.5 Å². The van der Waals surface area contributed by atoms with Gasteiger partial charge in [0.05, 0.1) is 24.5 Å². The first-order valence-corrected chi connectivity index (χ1v) is 6.74. The van der Waals surface area contributed by atoms with Gasteiger partial charge >= 0.3 is 5.97 Å². The maximum atomic E-state index is 11.6. The molecule has 0 atom stereocenters. The molecule has 0 fully saturated rings. The Kier molecular flexibility index (Phi) is 6.19. The summed E-state index contributed by atoms with van der Waals surface area (Å²) in [6, 6.07) is 4.96. The molecule has 0 aliphatic heterocycles. The zero-order chi connectivity index (χ0) is 14.3. The number of ether oxygens (including phenoxy) is 2. The fourth-order valence-corrected chi connectivity index (χ4v) is 1.67. The molecule has 4 nitrogen and oxygen atoms in total. The molecule has 1 aromatic rings. The molecule has 0 unspecified atom stereocenters. The molecule has 0 bridgehead atoms. The molecule has 0 heterocycles. The van der Waals surface area contributed by atoms with Crippen molar-refractivity contribution in [2.45, 2.75) is 33.6 Å². The Morgan fingerprint density at radius 1 is 1.37 bits per heavy atom. The summed E-state index contributed by atoms with van der Waals surface area (Å²) in [5.41, 5.74) is 6.84. The molecule has 106 valence electrons. The number of carbonyl (C=O) groups excluding carboxylic acids is 1. The number of nitrogen functional groups attached to an aromatic ring is 1. The minimum absolute atomic E-state index is 0.352. The average Bonchev–Trinajstić information content (AvgIpc) is 2.36. The van der Waals surface area contributed by atoms with Crippen LogP contribution in [0.3, 0.4) is 0 Å². The summed E-state index contributed by atoms with van der Waals surface area (Å²) < 4.78 is 10.6. The smallest absolute Gasteiger partial charge is 0.338 e. The standard InChI is InChI=1S/C15H23NO3/c1-4-18-15(17)12-7-8-13(16)14(10-12)19-9-5-6-11(2)3/h7-8,10-11H,4-6,9,16H2,1-3H3. The molecule has 4 heteroatoms. The van der Waals surface area contributed by atoms with Gasteiger partial charge in [0.1, 0.15) is 5.75 Å². The van der Waals surface area contributed by atoms with E-state index < -0.39 is 0 Å². The van der Waals surface area contributed by atoms with Crippen LogP contribution in [0.15, 0.2) is 18.2 Å². The summed E-state index contributed by atoms with van der Waals surface area (Å²) in [6.45, 7) is 7.09. The van der Waals surface area contributed by atoms with Crippen molar-refractivity contribution in [3.8, 4) is 5.75 Å². The number of nitrogens with two attached hydrogens (primary N) is 1. The number of hydrogen-bond donors (Lipinski definition) is 1. The van der Waals surface area contributed by atoms with Gasteiger partial charge in [0, 0.05) is 0 Å². The Hall–Kier alpha value is -1.71. The largest absolute Gasteiger partial charge is 0.491 e. The van der Waals surface area contributed by atoms with E-state index in [1.807, 2.05) is 0 Å². The zero-order valence-corrected chi connectivity index (χ0v) is 11.9. The van der Waals surface area contributed by atoms with E-state index in [4.69, 9.17) is 15.2 Å². The number of hydrogen-bond acceptors (Lipinski definition) is 4. The van der Waals surface area contributed by atoms with Gasteiger partial charge in [-0.15, -0.1) is 0 Å². The van der Waals surface area contributed by atoms with Crippen LogP contribution in [0.25, 0.3) is 0 Å². The van der Waals surface area contributed by atoms with E-state index in [1.54, 1.807) is 25.1 Å². The van der Waals surface area contributed by atoms with Crippen LogP contribution in [0.4, 0.5) is 5.69 Å². The second-order valence-electron chi connectivity index (χ2n) is 4.86. The van der Waals surface area contributed by atoms with E-state index in [9.17, 15) is 4.79 Å². The van der Waals surface area contributed by atoms with E-state index in [1.165, 1.54) is 0 Å². The third-order valence-corrected chi connectivity index (χ3v) is 2.71. The van der Waals surface area contributed by atoms with Gasteiger partial charge < -0.3 is 15.2 Å². The normalized spacial score (nSPS) is 10.5. The molecule has 0 saturated heterocycles.